The maximum absolute atomic E-state index is 11.8. The van der Waals surface area contributed by atoms with Gasteiger partial charge in [-0.3, -0.25) is 4.79 Å². The third-order valence-corrected chi connectivity index (χ3v) is 2.04. The smallest absolute Gasteiger partial charge is 0.469 e. The normalized spacial score (nSPS) is 24.2. The van der Waals surface area contributed by atoms with Gasteiger partial charge in [0.2, 0.25) is 0 Å². The Morgan fingerprint density at radius 2 is 1.94 bits per heavy atom. The van der Waals surface area contributed by atoms with E-state index in [1.807, 2.05) is 0 Å². The van der Waals surface area contributed by atoms with Crippen LogP contribution in [0.4, 0.5) is 13.2 Å². The molecule has 0 saturated heterocycles. The Morgan fingerprint density at radius 3 is 2.44 bits per heavy atom. The zero-order chi connectivity index (χ0) is 12.3. The third-order valence-electron chi connectivity index (χ3n) is 2.04. The molecule has 90 valence electrons. The van der Waals surface area contributed by atoms with Crippen LogP contribution in [0, 0.1) is 5.92 Å². The second-order valence-corrected chi connectivity index (χ2v) is 3.19. The van der Waals surface area contributed by atoms with Crippen molar-refractivity contribution in [3.8, 4) is 0 Å². The molecule has 16 heavy (non-hydrogen) atoms. The molecule has 0 saturated carbocycles. The van der Waals surface area contributed by atoms with Gasteiger partial charge in [-0.2, -0.15) is 13.2 Å². The summed E-state index contributed by atoms with van der Waals surface area (Å²) in [6, 6.07) is 0. The number of hydrogen-bond donors (Lipinski definition) is 0. The molecule has 1 aliphatic rings. The molecular weight excluding hydrogens is 229 g/mol. The standard InChI is InChI=1S/C9H9F3O4/c1-15-7(13)5-2-3-6(4-5)16-8(14)9(10,11)12/h2-3,5-6H,4H2,1H3/t5-,6-/m0/s1. The molecule has 0 fully saturated rings. The first kappa shape index (κ1) is 12.5. The predicted molar refractivity (Wildman–Crippen MR) is 45.2 cm³/mol. The summed E-state index contributed by atoms with van der Waals surface area (Å²) >= 11 is 0. The van der Waals surface area contributed by atoms with Crippen LogP contribution in [0.2, 0.25) is 0 Å². The SMILES string of the molecule is COC(=O)[C@H]1C=C[C@H](OC(=O)C(F)(F)F)C1. The number of esters is 2. The van der Waals surface area contributed by atoms with E-state index in [4.69, 9.17) is 0 Å². The van der Waals surface area contributed by atoms with Crippen LogP contribution in [0.5, 0.6) is 0 Å². The van der Waals surface area contributed by atoms with Crippen molar-refractivity contribution in [3.63, 3.8) is 0 Å². The molecule has 0 bridgehead atoms. The molecule has 0 radical (unpaired) electrons. The van der Waals surface area contributed by atoms with Crippen molar-refractivity contribution in [2.45, 2.75) is 18.7 Å². The van der Waals surface area contributed by atoms with Crippen LogP contribution in [0.15, 0.2) is 12.2 Å². The number of hydrogen-bond acceptors (Lipinski definition) is 4. The largest absolute Gasteiger partial charge is 0.490 e. The summed E-state index contributed by atoms with van der Waals surface area (Å²) in [5, 5.41) is 0. The minimum Gasteiger partial charge on any atom is -0.469 e. The first-order chi connectivity index (χ1) is 7.34. The average molecular weight is 238 g/mol. The molecule has 0 heterocycles. The quantitative estimate of drug-likeness (QED) is 0.536. The van der Waals surface area contributed by atoms with Crippen LogP contribution >= 0.6 is 0 Å². The van der Waals surface area contributed by atoms with Crippen molar-refractivity contribution < 1.29 is 32.2 Å². The Kier molecular flexibility index (Phi) is 3.56. The molecule has 0 aromatic carbocycles. The summed E-state index contributed by atoms with van der Waals surface area (Å²) in [6.45, 7) is 0. The highest BCUT2D eigenvalue weighted by Crippen LogP contribution is 2.25. The van der Waals surface area contributed by atoms with Gasteiger partial charge in [0.15, 0.2) is 0 Å². The molecule has 0 spiro atoms. The highest BCUT2D eigenvalue weighted by molar-refractivity contribution is 5.77. The molecule has 2 atom stereocenters. The minimum atomic E-state index is -5.02. The zero-order valence-electron chi connectivity index (χ0n) is 8.28. The highest BCUT2D eigenvalue weighted by Gasteiger charge is 2.43. The summed E-state index contributed by atoms with van der Waals surface area (Å²) in [5.41, 5.74) is 0. The maximum Gasteiger partial charge on any atom is 0.490 e. The zero-order valence-corrected chi connectivity index (χ0v) is 8.28. The second-order valence-electron chi connectivity index (χ2n) is 3.19. The average Bonchev–Trinajstić information content (AvgIpc) is 2.63. The summed E-state index contributed by atoms with van der Waals surface area (Å²) < 4.78 is 44.0. The van der Waals surface area contributed by atoms with Gasteiger partial charge in [0, 0.05) is 6.42 Å². The van der Waals surface area contributed by atoms with E-state index in [1.165, 1.54) is 19.3 Å². The van der Waals surface area contributed by atoms with E-state index < -0.39 is 30.1 Å². The van der Waals surface area contributed by atoms with E-state index in [1.54, 1.807) is 0 Å². The number of methoxy groups -OCH3 is 1. The molecule has 0 aliphatic heterocycles. The Hall–Kier alpha value is -1.53. The Labute approximate surface area is 89.0 Å². The first-order valence-electron chi connectivity index (χ1n) is 4.38. The van der Waals surface area contributed by atoms with Crippen molar-refractivity contribution in [2.24, 2.45) is 5.92 Å². The molecular formula is C9H9F3O4. The minimum absolute atomic E-state index is 0.0194. The highest BCUT2D eigenvalue weighted by atomic mass is 19.4. The number of alkyl halides is 3. The van der Waals surface area contributed by atoms with E-state index in [9.17, 15) is 22.8 Å². The first-order valence-corrected chi connectivity index (χ1v) is 4.38. The predicted octanol–water partition coefficient (Wildman–Crippen LogP) is 1.21. The molecule has 0 N–H and O–H groups in total. The lowest BCUT2D eigenvalue weighted by atomic mass is 10.1. The van der Waals surface area contributed by atoms with E-state index >= 15 is 0 Å². The van der Waals surface area contributed by atoms with Gasteiger partial charge in [0.05, 0.1) is 13.0 Å². The maximum atomic E-state index is 11.8. The number of halogens is 3. The van der Waals surface area contributed by atoms with Gasteiger partial charge in [0.1, 0.15) is 6.10 Å². The lowest BCUT2D eigenvalue weighted by molar-refractivity contribution is -0.203. The fraction of sp³-hybridized carbons (Fsp3) is 0.556. The van der Waals surface area contributed by atoms with Gasteiger partial charge < -0.3 is 9.47 Å². The Morgan fingerprint density at radius 1 is 1.31 bits per heavy atom. The van der Waals surface area contributed by atoms with Crippen LogP contribution in [0.1, 0.15) is 6.42 Å². The van der Waals surface area contributed by atoms with Crippen molar-refractivity contribution >= 4 is 11.9 Å². The van der Waals surface area contributed by atoms with Gasteiger partial charge in [0.25, 0.3) is 0 Å². The van der Waals surface area contributed by atoms with E-state index in [2.05, 4.69) is 9.47 Å². The number of ether oxygens (including phenoxy) is 2. The molecule has 1 aliphatic carbocycles. The van der Waals surface area contributed by atoms with Gasteiger partial charge in [-0.1, -0.05) is 6.08 Å². The van der Waals surface area contributed by atoms with Crippen molar-refractivity contribution in [3.05, 3.63) is 12.2 Å². The number of carbonyl (C=O) groups is 2. The van der Waals surface area contributed by atoms with Gasteiger partial charge in [-0.25, -0.2) is 4.79 Å². The van der Waals surface area contributed by atoms with Gasteiger partial charge in [-0.15, -0.1) is 0 Å². The van der Waals surface area contributed by atoms with E-state index in [0.29, 0.717) is 0 Å². The molecule has 7 heteroatoms. The van der Waals surface area contributed by atoms with Crippen molar-refractivity contribution in [2.75, 3.05) is 7.11 Å². The van der Waals surface area contributed by atoms with E-state index in [0.717, 1.165) is 0 Å². The lowest BCUT2D eigenvalue weighted by Crippen LogP contribution is -2.29. The molecule has 0 aromatic rings. The molecule has 4 nitrogen and oxygen atoms in total. The van der Waals surface area contributed by atoms with Crippen LogP contribution in [0.3, 0.4) is 0 Å². The van der Waals surface area contributed by atoms with E-state index in [-0.39, 0.29) is 6.42 Å². The summed E-state index contributed by atoms with van der Waals surface area (Å²) in [6.07, 6.45) is -3.46. The monoisotopic (exact) mass is 238 g/mol. The summed E-state index contributed by atoms with van der Waals surface area (Å²) in [7, 11) is 1.17. The van der Waals surface area contributed by atoms with Crippen LogP contribution in [0.25, 0.3) is 0 Å². The summed E-state index contributed by atoms with van der Waals surface area (Å²) in [4.78, 5) is 21.5. The molecule has 0 unspecified atom stereocenters. The fourth-order valence-electron chi connectivity index (χ4n) is 1.28. The fourth-order valence-corrected chi connectivity index (χ4v) is 1.28. The Balaban J connectivity index is 2.47. The molecule has 0 amide bonds. The lowest BCUT2D eigenvalue weighted by Gasteiger charge is -2.13. The third kappa shape index (κ3) is 2.98. The second kappa shape index (κ2) is 4.54. The Bertz CT molecular complexity index is 321. The number of carbonyl (C=O) groups excluding carboxylic acids is 2. The molecule has 1 rings (SSSR count). The van der Waals surface area contributed by atoms with Crippen LogP contribution in [-0.2, 0) is 19.1 Å². The van der Waals surface area contributed by atoms with Crippen LogP contribution in [-0.4, -0.2) is 31.3 Å². The van der Waals surface area contributed by atoms with Crippen LogP contribution < -0.4 is 0 Å². The van der Waals surface area contributed by atoms with Gasteiger partial charge >= 0.3 is 18.1 Å². The van der Waals surface area contributed by atoms with Crippen molar-refractivity contribution in [1.29, 1.82) is 0 Å². The number of rotatable bonds is 2. The van der Waals surface area contributed by atoms with Crippen molar-refractivity contribution in [1.82, 2.24) is 0 Å². The summed E-state index contributed by atoms with van der Waals surface area (Å²) in [5.74, 6) is -3.48. The van der Waals surface area contributed by atoms with Gasteiger partial charge in [-0.05, 0) is 6.08 Å². The molecule has 0 aromatic heterocycles. The topological polar surface area (TPSA) is 52.6 Å².